The number of hydrogen-bond donors (Lipinski definition) is 0. The van der Waals surface area contributed by atoms with Gasteiger partial charge in [-0.05, 0) is 99.7 Å². The molecule has 0 N–H and O–H groups in total. The third-order valence-corrected chi connectivity index (χ3v) is 8.87. The van der Waals surface area contributed by atoms with Crippen molar-refractivity contribution in [3.05, 3.63) is 95.1 Å². The maximum absolute atomic E-state index is 14.3. The van der Waals surface area contributed by atoms with Crippen molar-refractivity contribution in [3.63, 3.8) is 0 Å². The van der Waals surface area contributed by atoms with Crippen LogP contribution in [0.25, 0.3) is 0 Å². The van der Waals surface area contributed by atoms with Gasteiger partial charge in [0.15, 0.2) is 0 Å². The second-order valence-electron chi connectivity index (χ2n) is 13.3. The monoisotopic (exact) mass is 546 g/mol. The first kappa shape index (κ1) is 34.1. The standard InChI is InChI=1S/C39H59F/c1-9-16-33(30-31(4)23-26-36(11-3)39(7,8)40)19-15-29-38(5,6)37-27-24-32(25-28-37)18-14-22-34(17-10-2)35-20-12-13-21-35/h11-13,20,23-28,33-34H,4,9-10,14-19,21-22,29-30H2,1-3,5-8H3/b26-23-,36-11?. The summed E-state index contributed by atoms with van der Waals surface area (Å²) in [6.07, 6.45) is 27.2. The van der Waals surface area contributed by atoms with Gasteiger partial charge in [0.1, 0.15) is 5.67 Å². The van der Waals surface area contributed by atoms with Crippen molar-refractivity contribution in [2.24, 2.45) is 11.8 Å². The number of aryl methyl sites for hydroxylation is 1. The van der Waals surface area contributed by atoms with Crippen LogP contribution in [0.2, 0.25) is 0 Å². The van der Waals surface area contributed by atoms with E-state index in [0.717, 1.165) is 24.3 Å². The predicted octanol–water partition coefficient (Wildman–Crippen LogP) is 12.4. The minimum atomic E-state index is -1.32. The highest BCUT2D eigenvalue weighted by atomic mass is 19.1. The molecule has 0 radical (unpaired) electrons. The predicted molar refractivity (Wildman–Crippen MR) is 177 cm³/mol. The van der Waals surface area contributed by atoms with Gasteiger partial charge in [-0.3, -0.25) is 0 Å². The van der Waals surface area contributed by atoms with Gasteiger partial charge >= 0.3 is 0 Å². The molecule has 2 rings (SSSR count). The van der Waals surface area contributed by atoms with Crippen LogP contribution in [0.1, 0.15) is 130 Å². The van der Waals surface area contributed by atoms with Gasteiger partial charge in [0.25, 0.3) is 0 Å². The molecule has 0 nitrogen and oxygen atoms in total. The van der Waals surface area contributed by atoms with Crippen LogP contribution in [-0.2, 0) is 11.8 Å². The molecule has 0 fully saturated rings. The summed E-state index contributed by atoms with van der Waals surface area (Å²) in [5.41, 5.74) is 5.25. The molecule has 1 heteroatoms. The fourth-order valence-corrected chi connectivity index (χ4v) is 6.32. The highest BCUT2D eigenvalue weighted by Crippen LogP contribution is 2.33. The first-order valence-corrected chi connectivity index (χ1v) is 16.2. The number of alkyl halides is 1. The largest absolute Gasteiger partial charge is 0.239 e. The molecule has 222 valence electrons. The number of benzene rings is 1. The highest BCUT2D eigenvalue weighted by Gasteiger charge is 2.22. The molecule has 40 heavy (non-hydrogen) atoms. The second kappa shape index (κ2) is 17.0. The van der Waals surface area contributed by atoms with Gasteiger partial charge in [0.2, 0.25) is 0 Å². The highest BCUT2D eigenvalue weighted by molar-refractivity contribution is 5.32. The van der Waals surface area contributed by atoms with Crippen molar-refractivity contribution in [2.45, 2.75) is 137 Å². The Morgan fingerprint density at radius 1 is 0.950 bits per heavy atom. The zero-order valence-electron chi connectivity index (χ0n) is 27.0. The Balaban J connectivity index is 1.84. The first-order valence-electron chi connectivity index (χ1n) is 16.2. The minimum Gasteiger partial charge on any atom is -0.239 e. The average molecular weight is 547 g/mol. The summed E-state index contributed by atoms with van der Waals surface area (Å²) in [5.74, 6) is 1.40. The summed E-state index contributed by atoms with van der Waals surface area (Å²) < 4.78 is 14.3. The molecule has 0 saturated carbocycles. The van der Waals surface area contributed by atoms with E-state index < -0.39 is 5.67 Å². The smallest absolute Gasteiger partial charge is 0.130 e. The molecule has 0 heterocycles. The molecule has 1 aromatic carbocycles. The van der Waals surface area contributed by atoms with E-state index in [1.807, 2.05) is 25.2 Å². The summed E-state index contributed by atoms with van der Waals surface area (Å²) in [6, 6.07) is 9.50. The van der Waals surface area contributed by atoms with E-state index in [4.69, 9.17) is 0 Å². The van der Waals surface area contributed by atoms with E-state index in [-0.39, 0.29) is 5.41 Å². The third kappa shape index (κ3) is 11.8. The number of halogens is 1. The van der Waals surface area contributed by atoms with Crippen LogP contribution < -0.4 is 0 Å². The maximum atomic E-state index is 14.3. The SMILES string of the molecule is C=C(/C=C\C(=CC)C(C)(C)F)CC(CCC)CCCC(C)(C)c1ccc(CCCC(CCC)C2=CC=CC2)cc1. The quantitative estimate of drug-likeness (QED) is 0.151. The molecule has 1 aliphatic rings. The van der Waals surface area contributed by atoms with Crippen LogP contribution >= 0.6 is 0 Å². The van der Waals surface area contributed by atoms with Gasteiger partial charge in [0, 0.05) is 0 Å². The zero-order valence-corrected chi connectivity index (χ0v) is 27.0. The van der Waals surface area contributed by atoms with Crippen LogP contribution in [0.3, 0.4) is 0 Å². The van der Waals surface area contributed by atoms with Gasteiger partial charge < -0.3 is 0 Å². The van der Waals surface area contributed by atoms with Gasteiger partial charge in [-0.15, -0.1) is 0 Å². The minimum absolute atomic E-state index is 0.175. The van der Waals surface area contributed by atoms with Crippen LogP contribution in [0.5, 0.6) is 0 Å². The molecule has 2 atom stereocenters. The molecule has 0 amide bonds. The van der Waals surface area contributed by atoms with E-state index in [9.17, 15) is 4.39 Å². The van der Waals surface area contributed by atoms with Crippen LogP contribution in [0.15, 0.2) is 84.0 Å². The summed E-state index contributed by atoms with van der Waals surface area (Å²) in [7, 11) is 0. The molecular formula is C39H59F. The second-order valence-corrected chi connectivity index (χ2v) is 13.3. The van der Waals surface area contributed by atoms with Crippen molar-refractivity contribution in [1.82, 2.24) is 0 Å². The Bertz CT molecular complexity index is 1010. The Hall–Kier alpha value is -2.15. The lowest BCUT2D eigenvalue weighted by Crippen LogP contribution is -2.17. The van der Waals surface area contributed by atoms with E-state index in [1.165, 1.54) is 75.3 Å². The van der Waals surface area contributed by atoms with Crippen molar-refractivity contribution >= 4 is 0 Å². The summed E-state index contributed by atoms with van der Waals surface area (Å²) >= 11 is 0. The van der Waals surface area contributed by atoms with Gasteiger partial charge in [-0.2, -0.15) is 0 Å². The Morgan fingerprint density at radius 3 is 2.23 bits per heavy atom. The van der Waals surface area contributed by atoms with Crippen LogP contribution in [0, 0.1) is 11.8 Å². The molecule has 0 aromatic heterocycles. The fourth-order valence-electron chi connectivity index (χ4n) is 6.32. The molecule has 0 saturated heterocycles. The average Bonchev–Trinajstić information content (AvgIpc) is 3.43. The van der Waals surface area contributed by atoms with Crippen molar-refractivity contribution < 1.29 is 4.39 Å². The van der Waals surface area contributed by atoms with E-state index in [0.29, 0.717) is 11.5 Å². The molecule has 0 bridgehead atoms. The van der Waals surface area contributed by atoms with Crippen LogP contribution in [0.4, 0.5) is 4.39 Å². The third-order valence-electron chi connectivity index (χ3n) is 8.87. The Morgan fingerprint density at radius 2 is 1.65 bits per heavy atom. The van der Waals surface area contributed by atoms with Gasteiger partial charge in [0.05, 0.1) is 0 Å². The molecule has 0 spiro atoms. The maximum Gasteiger partial charge on any atom is 0.130 e. The molecular weight excluding hydrogens is 487 g/mol. The summed E-state index contributed by atoms with van der Waals surface area (Å²) in [6.45, 7) is 18.8. The zero-order chi connectivity index (χ0) is 29.6. The van der Waals surface area contributed by atoms with Gasteiger partial charge in [-0.1, -0.05) is 138 Å². The van der Waals surface area contributed by atoms with Gasteiger partial charge in [-0.25, -0.2) is 4.39 Å². The molecule has 0 aliphatic heterocycles. The summed E-state index contributed by atoms with van der Waals surface area (Å²) in [4.78, 5) is 0. The Labute approximate surface area is 247 Å². The molecule has 1 aliphatic carbocycles. The van der Waals surface area contributed by atoms with E-state index in [2.05, 4.69) is 76.8 Å². The summed E-state index contributed by atoms with van der Waals surface area (Å²) in [5, 5.41) is 0. The lowest BCUT2D eigenvalue weighted by atomic mass is 9.78. The number of rotatable bonds is 19. The molecule has 2 unspecified atom stereocenters. The van der Waals surface area contributed by atoms with Crippen molar-refractivity contribution in [2.75, 3.05) is 0 Å². The van der Waals surface area contributed by atoms with Crippen LogP contribution in [-0.4, -0.2) is 5.67 Å². The molecule has 1 aromatic rings. The first-order chi connectivity index (χ1) is 19.0. The fraction of sp³-hybridized carbons (Fsp3) is 0.590. The van der Waals surface area contributed by atoms with E-state index in [1.54, 1.807) is 19.4 Å². The lowest BCUT2D eigenvalue weighted by molar-refractivity contribution is 0.274. The normalized spacial score (nSPS) is 16.0. The van der Waals surface area contributed by atoms with E-state index >= 15 is 0 Å². The van der Waals surface area contributed by atoms with Crippen molar-refractivity contribution in [1.29, 1.82) is 0 Å². The number of hydrogen-bond acceptors (Lipinski definition) is 0. The lowest BCUT2D eigenvalue weighted by Gasteiger charge is -2.27. The number of allylic oxidation sites excluding steroid dienone is 9. The Kier molecular flexibility index (Phi) is 14.4. The van der Waals surface area contributed by atoms with Crippen molar-refractivity contribution in [3.8, 4) is 0 Å². The topological polar surface area (TPSA) is 0 Å².